The largest absolute Gasteiger partial charge is 0.493 e. The van der Waals surface area contributed by atoms with Crippen molar-refractivity contribution in [2.24, 2.45) is 5.92 Å². The fourth-order valence-electron chi connectivity index (χ4n) is 3.47. The molecular weight excluding hydrogens is 337 g/mol. The third-order valence-corrected chi connectivity index (χ3v) is 5.17. The first kappa shape index (κ1) is 17.0. The molecule has 1 aromatic carbocycles. The maximum absolute atomic E-state index is 12.9. The molecule has 1 saturated carbocycles. The van der Waals surface area contributed by atoms with Gasteiger partial charge >= 0.3 is 0 Å². The number of hydrogen-bond donors (Lipinski definition) is 0. The van der Waals surface area contributed by atoms with Crippen LogP contribution in [0.3, 0.4) is 0 Å². The van der Waals surface area contributed by atoms with Gasteiger partial charge < -0.3 is 14.2 Å². The van der Waals surface area contributed by atoms with Crippen LogP contribution in [0.2, 0.25) is 0 Å². The third-order valence-electron chi connectivity index (χ3n) is 5.17. The van der Waals surface area contributed by atoms with Crippen LogP contribution in [0.15, 0.2) is 28.8 Å². The van der Waals surface area contributed by atoms with E-state index in [1.165, 1.54) is 12.1 Å². The van der Waals surface area contributed by atoms with Gasteiger partial charge in [-0.05, 0) is 49.9 Å². The third kappa shape index (κ3) is 3.57. The number of rotatable bonds is 6. The number of nitrogens with zero attached hydrogens (tertiary/aromatic N) is 3. The maximum atomic E-state index is 12.9. The highest BCUT2D eigenvalue weighted by Crippen LogP contribution is 2.36. The van der Waals surface area contributed by atoms with Crippen LogP contribution in [0.1, 0.15) is 49.9 Å². The molecule has 1 saturated heterocycles. The predicted molar refractivity (Wildman–Crippen MR) is 90.9 cm³/mol. The summed E-state index contributed by atoms with van der Waals surface area (Å²) in [5, 5.41) is 4.01. The quantitative estimate of drug-likeness (QED) is 0.792. The second-order valence-corrected chi connectivity index (χ2v) is 6.92. The number of hydrogen-bond acceptors (Lipinski definition) is 5. The van der Waals surface area contributed by atoms with Gasteiger partial charge in [-0.15, -0.1) is 0 Å². The SMILES string of the molecule is O=C(C1CCC1)N1CCCC1c1nc(CCOc2ccc(F)cc2)no1. The zero-order chi connectivity index (χ0) is 17.9. The van der Waals surface area contributed by atoms with Gasteiger partial charge in [-0.25, -0.2) is 4.39 Å². The molecule has 0 radical (unpaired) electrons. The molecule has 2 heterocycles. The molecule has 138 valence electrons. The van der Waals surface area contributed by atoms with Crippen LogP contribution in [0.25, 0.3) is 0 Å². The number of halogens is 1. The monoisotopic (exact) mass is 359 g/mol. The fourth-order valence-corrected chi connectivity index (χ4v) is 3.47. The van der Waals surface area contributed by atoms with Gasteiger partial charge in [0.05, 0.1) is 6.61 Å². The van der Waals surface area contributed by atoms with Crippen LogP contribution in [0.4, 0.5) is 4.39 Å². The van der Waals surface area contributed by atoms with Crippen molar-refractivity contribution in [3.63, 3.8) is 0 Å². The molecule has 7 heteroatoms. The molecule has 1 aromatic heterocycles. The predicted octanol–water partition coefficient (Wildman–Crippen LogP) is 3.29. The Bertz CT molecular complexity index is 758. The van der Waals surface area contributed by atoms with E-state index >= 15 is 0 Å². The Balaban J connectivity index is 1.33. The van der Waals surface area contributed by atoms with Crippen molar-refractivity contribution >= 4 is 5.91 Å². The first-order chi connectivity index (χ1) is 12.7. The standard InChI is InChI=1S/C19H22FN3O3/c20-14-6-8-15(9-7-14)25-12-10-17-21-18(26-22-17)16-5-2-11-23(16)19(24)13-3-1-4-13/h6-9,13,16H,1-5,10-12H2. The van der Waals surface area contributed by atoms with Gasteiger partial charge in [-0.1, -0.05) is 11.6 Å². The van der Waals surface area contributed by atoms with Crippen molar-refractivity contribution in [2.45, 2.75) is 44.6 Å². The van der Waals surface area contributed by atoms with Crippen LogP contribution in [0, 0.1) is 11.7 Å². The summed E-state index contributed by atoms with van der Waals surface area (Å²) in [6, 6.07) is 5.78. The van der Waals surface area contributed by atoms with Crippen molar-refractivity contribution in [3.05, 3.63) is 41.8 Å². The Kier molecular flexibility index (Phi) is 4.86. The fraction of sp³-hybridized carbons (Fsp3) is 0.526. The minimum Gasteiger partial charge on any atom is -0.493 e. The number of ether oxygens (including phenoxy) is 1. The minimum absolute atomic E-state index is 0.0950. The molecule has 0 N–H and O–H groups in total. The van der Waals surface area contributed by atoms with Gasteiger partial charge in [0.15, 0.2) is 5.82 Å². The number of aromatic nitrogens is 2. The summed E-state index contributed by atoms with van der Waals surface area (Å²) in [5.41, 5.74) is 0. The van der Waals surface area contributed by atoms with Gasteiger partial charge in [-0.2, -0.15) is 4.98 Å². The zero-order valence-corrected chi connectivity index (χ0v) is 14.6. The molecule has 1 aliphatic heterocycles. The summed E-state index contributed by atoms with van der Waals surface area (Å²) >= 11 is 0. The van der Waals surface area contributed by atoms with E-state index in [1.54, 1.807) is 12.1 Å². The topological polar surface area (TPSA) is 68.5 Å². The van der Waals surface area contributed by atoms with Gasteiger partial charge in [0, 0.05) is 18.9 Å². The number of carbonyl (C=O) groups is 1. The summed E-state index contributed by atoms with van der Waals surface area (Å²) in [5.74, 6) is 1.80. The summed E-state index contributed by atoms with van der Waals surface area (Å²) in [7, 11) is 0. The molecular formula is C19H22FN3O3. The second-order valence-electron chi connectivity index (χ2n) is 6.92. The lowest BCUT2D eigenvalue weighted by Crippen LogP contribution is -2.38. The van der Waals surface area contributed by atoms with E-state index in [1.807, 2.05) is 4.90 Å². The zero-order valence-electron chi connectivity index (χ0n) is 14.6. The maximum Gasteiger partial charge on any atom is 0.249 e. The molecule has 1 unspecified atom stereocenters. The number of carbonyl (C=O) groups excluding carboxylic acids is 1. The van der Waals surface area contributed by atoms with E-state index in [9.17, 15) is 9.18 Å². The van der Waals surface area contributed by atoms with Crippen LogP contribution in [-0.4, -0.2) is 34.1 Å². The normalized spacial score (nSPS) is 20.2. The molecule has 2 fully saturated rings. The summed E-state index contributed by atoms with van der Waals surface area (Å²) in [6.07, 6.45) is 5.47. The average Bonchev–Trinajstić information content (AvgIpc) is 3.23. The van der Waals surface area contributed by atoms with Gasteiger partial charge in [0.1, 0.15) is 17.6 Å². The first-order valence-electron chi connectivity index (χ1n) is 9.22. The Labute approximate surface area is 151 Å². The summed E-state index contributed by atoms with van der Waals surface area (Å²) < 4.78 is 23.9. The van der Waals surface area contributed by atoms with Crippen LogP contribution < -0.4 is 4.74 Å². The smallest absolute Gasteiger partial charge is 0.249 e. The lowest BCUT2D eigenvalue weighted by atomic mass is 9.84. The molecule has 1 atom stereocenters. The number of amides is 1. The Morgan fingerprint density at radius 2 is 2.04 bits per heavy atom. The second kappa shape index (κ2) is 7.43. The highest BCUT2D eigenvalue weighted by atomic mass is 19.1. The van der Waals surface area contributed by atoms with E-state index < -0.39 is 0 Å². The molecule has 0 spiro atoms. The summed E-state index contributed by atoms with van der Waals surface area (Å²) in [6.45, 7) is 1.14. The van der Waals surface area contributed by atoms with Crippen molar-refractivity contribution in [1.82, 2.24) is 15.0 Å². The number of likely N-dealkylation sites (tertiary alicyclic amines) is 1. The van der Waals surface area contributed by atoms with E-state index in [4.69, 9.17) is 9.26 Å². The van der Waals surface area contributed by atoms with Crippen LogP contribution in [0.5, 0.6) is 5.75 Å². The van der Waals surface area contributed by atoms with Crippen molar-refractivity contribution in [3.8, 4) is 5.75 Å². The van der Waals surface area contributed by atoms with Crippen molar-refractivity contribution < 1.29 is 18.4 Å². The summed E-state index contributed by atoms with van der Waals surface area (Å²) in [4.78, 5) is 18.9. The van der Waals surface area contributed by atoms with Gasteiger partial charge in [0.2, 0.25) is 11.8 Å². The Morgan fingerprint density at radius 3 is 2.77 bits per heavy atom. The molecule has 2 aliphatic rings. The van der Waals surface area contributed by atoms with E-state index in [2.05, 4.69) is 10.1 Å². The molecule has 2 aromatic rings. The molecule has 6 nitrogen and oxygen atoms in total. The number of benzene rings is 1. The van der Waals surface area contributed by atoms with Gasteiger partial charge in [0.25, 0.3) is 0 Å². The van der Waals surface area contributed by atoms with E-state index in [0.717, 1.165) is 38.6 Å². The van der Waals surface area contributed by atoms with Crippen LogP contribution in [-0.2, 0) is 11.2 Å². The molecule has 4 rings (SSSR count). The average molecular weight is 359 g/mol. The first-order valence-corrected chi connectivity index (χ1v) is 9.22. The Morgan fingerprint density at radius 1 is 1.23 bits per heavy atom. The van der Waals surface area contributed by atoms with Crippen molar-refractivity contribution in [1.29, 1.82) is 0 Å². The van der Waals surface area contributed by atoms with Crippen molar-refractivity contribution in [2.75, 3.05) is 13.2 Å². The van der Waals surface area contributed by atoms with Gasteiger partial charge in [-0.3, -0.25) is 4.79 Å². The lowest BCUT2D eigenvalue weighted by Gasteiger charge is -2.31. The molecule has 26 heavy (non-hydrogen) atoms. The van der Waals surface area contributed by atoms with Crippen LogP contribution >= 0.6 is 0 Å². The molecule has 0 bridgehead atoms. The molecule has 1 amide bonds. The molecule has 1 aliphatic carbocycles. The van der Waals surface area contributed by atoms with E-state index in [0.29, 0.717) is 30.5 Å². The highest BCUT2D eigenvalue weighted by molar-refractivity contribution is 5.80. The minimum atomic E-state index is -0.294. The van der Waals surface area contributed by atoms with E-state index in [-0.39, 0.29) is 23.7 Å². The lowest BCUT2D eigenvalue weighted by molar-refractivity contribution is -0.139. The highest BCUT2D eigenvalue weighted by Gasteiger charge is 2.38. The Hall–Kier alpha value is -2.44.